The molecule has 0 saturated carbocycles. The minimum atomic E-state index is 0.640. The summed E-state index contributed by atoms with van der Waals surface area (Å²) in [7, 11) is 0. The van der Waals surface area contributed by atoms with Gasteiger partial charge in [-0.25, -0.2) is 9.97 Å². The third-order valence-corrected chi connectivity index (χ3v) is 9.37. The molecule has 10 rings (SSSR count). The monoisotopic (exact) mass is 641 g/mol. The van der Waals surface area contributed by atoms with Gasteiger partial charge in [-0.2, -0.15) is 0 Å². The number of hydrogen-bond donors (Lipinski definition) is 0. The highest BCUT2D eigenvalue weighted by atomic mass is 16.3. The Morgan fingerprint density at radius 1 is 0.380 bits per heavy atom. The van der Waals surface area contributed by atoms with Gasteiger partial charge in [-0.3, -0.25) is 4.98 Å². The SMILES string of the molecule is c1ccc(-c2cc(-c3ccc(-c4ccc5oc6ccccc6c5c4)c4oc5ccccc5c34)nc(-c3cccc(-c4ccccn4)c3)n2)cc1. The van der Waals surface area contributed by atoms with E-state index in [1.165, 1.54) is 0 Å². The molecule has 0 spiro atoms. The van der Waals surface area contributed by atoms with E-state index >= 15 is 0 Å². The maximum absolute atomic E-state index is 6.70. The molecular formula is C45H27N3O2. The number of nitrogens with zero attached hydrogens (tertiary/aromatic N) is 3. The third-order valence-electron chi connectivity index (χ3n) is 9.37. The van der Waals surface area contributed by atoms with Crippen molar-refractivity contribution in [1.29, 1.82) is 0 Å². The number of rotatable bonds is 5. The minimum Gasteiger partial charge on any atom is -0.456 e. The Morgan fingerprint density at radius 3 is 1.94 bits per heavy atom. The Hall–Kier alpha value is -6.85. The van der Waals surface area contributed by atoms with E-state index in [1.54, 1.807) is 0 Å². The zero-order valence-corrected chi connectivity index (χ0v) is 26.7. The summed E-state index contributed by atoms with van der Waals surface area (Å²) < 4.78 is 12.8. The second-order valence-electron chi connectivity index (χ2n) is 12.4. The lowest BCUT2D eigenvalue weighted by molar-refractivity contribution is 0.668. The molecule has 0 bridgehead atoms. The molecule has 5 heteroatoms. The fourth-order valence-corrected chi connectivity index (χ4v) is 6.98. The molecule has 0 aliphatic heterocycles. The Balaban J connectivity index is 1.20. The van der Waals surface area contributed by atoms with Crippen LogP contribution in [-0.2, 0) is 0 Å². The second-order valence-corrected chi connectivity index (χ2v) is 12.4. The van der Waals surface area contributed by atoms with Crippen molar-refractivity contribution < 1.29 is 8.83 Å². The van der Waals surface area contributed by atoms with Crippen molar-refractivity contribution in [3.63, 3.8) is 0 Å². The molecular weight excluding hydrogens is 615 g/mol. The summed E-state index contributed by atoms with van der Waals surface area (Å²) in [6.45, 7) is 0. The van der Waals surface area contributed by atoms with Gasteiger partial charge in [-0.1, -0.05) is 103 Å². The fraction of sp³-hybridized carbons (Fsp3) is 0. The van der Waals surface area contributed by atoms with E-state index in [1.807, 2.05) is 79.0 Å². The molecule has 0 unspecified atom stereocenters. The van der Waals surface area contributed by atoms with E-state index in [0.29, 0.717) is 5.82 Å². The maximum Gasteiger partial charge on any atom is 0.160 e. The topological polar surface area (TPSA) is 65.0 Å². The molecule has 6 aromatic carbocycles. The van der Waals surface area contributed by atoms with Crippen LogP contribution in [0.25, 0.3) is 100 Å². The second kappa shape index (κ2) is 11.4. The predicted molar refractivity (Wildman–Crippen MR) is 202 cm³/mol. The Morgan fingerprint density at radius 2 is 1.08 bits per heavy atom. The average Bonchev–Trinajstić information content (AvgIpc) is 3.77. The fourth-order valence-electron chi connectivity index (χ4n) is 6.98. The number of pyridine rings is 1. The van der Waals surface area contributed by atoms with Crippen LogP contribution in [-0.4, -0.2) is 15.0 Å². The summed E-state index contributed by atoms with van der Waals surface area (Å²) in [6.07, 6.45) is 1.81. The molecule has 0 aliphatic carbocycles. The van der Waals surface area contributed by atoms with Crippen LogP contribution in [0.2, 0.25) is 0 Å². The molecule has 0 atom stereocenters. The summed E-state index contributed by atoms with van der Waals surface area (Å²) in [5.41, 5.74) is 11.9. The molecule has 0 saturated heterocycles. The highest BCUT2D eigenvalue weighted by molar-refractivity contribution is 6.17. The van der Waals surface area contributed by atoms with Crippen molar-refractivity contribution in [3.05, 3.63) is 164 Å². The number of benzene rings is 6. The summed E-state index contributed by atoms with van der Waals surface area (Å²) in [5, 5.41) is 4.22. The highest BCUT2D eigenvalue weighted by Gasteiger charge is 2.20. The maximum atomic E-state index is 6.70. The van der Waals surface area contributed by atoms with Gasteiger partial charge in [0, 0.05) is 55.6 Å². The zero-order valence-electron chi connectivity index (χ0n) is 26.7. The number of para-hydroxylation sites is 2. The van der Waals surface area contributed by atoms with Crippen LogP contribution in [0, 0.1) is 0 Å². The van der Waals surface area contributed by atoms with Crippen molar-refractivity contribution in [2.75, 3.05) is 0 Å². The molecule has 4 heterocycles. The molecule has 5 nitrogen and oxygen atoms in total. The van der Waals surface area contributed by atoms with Crippen molar-refractivity contribution in [3.8, 4) is 56.3 Å². The lowest BCUT2D eigenvalue weighted by Gasteiger charge is -2.12. The Bertz CT molecular complexity index is 2870. The first-order valence-corrected chi connectivity index (χ1v) is 16.6. The first-order valence-electron chi connectivity index (χ1n) is 16.6. The van der Waals surface area contributed by atoms with Crippen LogP contribution >= 0.6 is 0 Å². The first-order chi connectivity index (χ1) is 24.8. The average molecular weight is 642 g/mol. The summed E-state index contributed by atoms with van der Waals surface area (Å²) in [4.78, 5) is 14.9. The standard InChI is InChI=1S/C45H27N3O2/c1-2-11-28(12-3-1)38-27-39(48-45(47-38)31-14-10-13-30(25-31)37-17-8-9-24-46-37)34-22-21-32(44-43(34)35-16-5-7-19-41(35)50-44)29-20-23-42-36(26-29)33-15-4-6-18-40(33)49-42/h1-27H. The zero-order chi connectivity index (χ0) is 33.0. The Labute approximate surface area is 287 Å². The van der Waals surface area contributed by atoms with E-state index in [9.17, 15) is 0 Å². The molecule has 0 amide bonds. The molecule has 0 radical (unpaired) electrons. The highest BCUT2D eigenvalue weighted by Crippen LogP contribution is 2.43. The number of aromatic nitrogens is 3. The van der Waals surface area contributed by atoms with Gasteiger partial charge in [0.15, 0.2) is 5.82 Å². The summed E-state index contributed by atoms with van der Waals surface area (Å²) in [6, 6.07) is 53.6. The van der Waals surface area contributed by atoms with Gasteiger partial charge in [-0.05, 0) is 60.2 Å². The Kier molecular flexibility index (Phi) is 6.42. The molecule has 4 aromatic heterocycles. The van der Waals surface area contributed by atoms with Crippen LogP contribution < -0.4 is 0 Å². The molecule has 0 fully saturated rings. The van der Waals surface area contributed by atoms with Crippen molar-refractivity contribution in [1.82, 2.24) is 15.0 Å². The number of furan rings is 2. The van der Waals surface area contributed by atoms with Crippen LogP contribution in [0.3, 0.4) is 0 Å². The molecule has 50 heavy (non-hydrogen) atoms. The van der Waals surface area contributed by atoms with E-state index in [2.05, 4.69) is 89.9 Å². The largest absolute Gasteiger partial charge is 0.456 e. The van der Waals surface area contributed by atoms with Gasteiger partial charge >= 0.3 is 0 Å². The van der Waals surface area contributed by atoms with Crippen molar-refractivity contribution in [2.24, 2.45) is 0 Å². The van der Waals surface area contributed by atoms with Gasteiger partial charge in [0.2, 0.25) is 0 Å². The number of hydrogen-bond acceptors (Lipinski definition) is 5. The van der Waals surface area contributed by atoms with Crippen LogP contribution in [0.15, 0.2) is 173 Å². The smallest absolute Gasteiger partial charge is 0.160 e. The van der Waals surface area contributed by atoms with E-state index in [0.717, 1.165) is 94.3 Å². The summed E-state index contributed by atoms with van der Waals surface area (Å²) in [5.74, 6) is 0.640. The molecule has 10 aromatic rings. The minimum absolute atomic E-state index is 0.640. The normalized spacial score (nSPS) is 11.6. The van der Waals surface area contributed by atoms with Gasteiger partial charge in [0.05, 0.1) is 17.1 Å². The van der Waals surface area contributed by atoms with Crippen LogP contribution in [0.5, 0.6) is 0 Å². The van der Waals surface area contributed by atoms with E-state index in [4.69, 9.17) is 18.8 Å². The van der Waals surface area contributed by atoms with E-state index < -0.39 is 0 Å². The van der Waals surface area contributed by atoms with Crippen LogP contribution in [0.4, 0.5) is 0 Å². The van der Waals surface area contributed by atoms with Gasteiger partial charge in [-0.15, -0.1) is 0 Å². The third kappa shape index (κ3) is 4.67. The molecule has 234 valence electrons. The molecule has 0 N–H and O–H groups in total. The van der Waals surface area contributed by atoms with Gasteiger partial charge in [0.25, 0.3) is 0 Å². The van der Waals surface area contributed by atoms with Crippen LogP contribution in [0.1, 0.15) is 0 Å². The van der Waals surface area contributed by atoms with Gasteiger partial charge < -0.3 is 8.83 Å². The first kappa shape index (κ1) is 28.2. The summed E-state index contributed by atoms with van der Waals surface area (Å²) >= 11 is 0. The quantitative estimate of drug-likeness (QED) is 0.187. The predicted octanol–water partition coefficient (Wildman–Crippen LogP) is 12.0. The van der Waals surface area contributed by atoms with Gasteiger partial charge in [0.1, 0.15) is 22.3 Å². The lowest BCUT2D eigenvalue weighted by atomic mass is 9.95. The van der Waals surface area contributed by atoms with Crippen molar-refractivity contribution in [2.45, 2.75) is 0 Å². The van der Waals surface area contributed by atoms with Crippen molar-refractivity contribution >= 4 is 43.9 Å². The lowest BCUT2D eigenvalue weighted by Crippen LogP contribution is -1.97. The number of fused-ring (bicyclic) bond motifs is 6. The molecule has 0 aliphatic rings. The van der Waals surface area contributed by atoms with E-state index in [-0.39, 0.29) is 0 Å².